The summed E-state index contributed by atoms with van der Waals surface area (Å²) in [6, 6.07) is 4.63. The van der Waals surface area contributed by atoms with Crippen molar-refractivity contribution >= 4 is 10.0 Å². The lowest BCUT2D eigenvalue weighted by Crippen LogP contribution is -2.10. The van der Waals surface area contributed by atoms with Crippen molar-refractivity contribution in [2.45, 2.75) is 4.90 Å². The first kappa shape index (κ1) is 9.85. The van der Waals surface area contributed by atoms with Crippen LogP contribution < -0.4 is 0 Å². The van der Waals surface area contributed by atoms with Crippen molar-refractivity contribution in [3.05, 3.63) is 48.8 Å². The summed E-state index contributed by atoms with van der Waals surface area (Å²) in [5, 5.41) is 0. The standard InChI is InChI=1S/C9H7FN2O2S/c10-8-1-3-9(4-2-8)15(13,14)12-6-5-11-7-12/h1-7H. The van der Waals surface area contributed by atoms with E-state index >= 15 is 0 Å². The zero-order chi connectivity index (χ0) is 10.9. The average Bonchev–Trinajstić information content (AvgIpc) is 2.71. The molecule has 1 aromatic carbocycles. The van der Waals surface area contributed by atoms with Gasteiger partial charge in [0.25, 0.3) is 10.0 Å². The minimum absolute atomic E-state index is 0.0295. The minimum atomic E-state index is -3.62. The van der Waals surface area contributed by atoms with E-state index in [0.29, 0.717) is 0 Å². The molecule has 0 unspecified atom stereocenters. The predicted molar refractivity (Wildman–Crippen MR) is 51.2 cm³/mol. The molecule has 0 bridgehead atoms. The van der Waals surface area contributed by atoms with Crippen LogP contribution in [-0.2, 0) is 10.0 Å². The third-order valence-electron chi connectivity index (χ3n) is 1.87. The van der Waals surface area contributed by atoms with E-state index in [4.69, 9.17) is 0 Å². The van der Waals surface area contributed by atoms with E-state index in [1.54, 1.807) is 0 Å². The highest BCUT2D eigenvalue weighted by Crippen LogP contribution is 2.13. The van der Waals surface area contributed by atoms with Gasteiger partial charge >= 0.3 is 0 Å². The van der Waals surface area contributed by atoms with E-state index < -0.39 is 15.8 Å². The van der Waals surface area contributed by atoms with E-state index in [-0.39, 0.29) is 4.90 Å². The summed E-state index contributed by atoms with van der Waals surface area (Å²) in [7, 11) is -3.62. The molecule has 6 heteroatoms. The Hall–Kier alpha value is -1.69. The van der Waals surface area contributed by atoms with Crippen molar-refractivity contribution in [2.75, 3.05) is 0 Å². The zero-order valence-electron chi connectivity index (χ0n) is 7.54. The van der Waals surface area contributed by atoms with Crippen LogP contribution in [0.1, 0.15) is 0 Å². The maximum Gasteiger partial charge on any atom is 0.268 e. The number of aromatic nitrogens is 2. The molecule has 0 aliphatic heterocycles. The number of rotatable bonds is 2. The molecule has 2 rings (SSSR count). The van der Waals surface area contributed by atoms with Crippen LogP contribution in [0.4, 0.5) is 4.39 Å². The lowest BCUT2D eigenvalue weighted by atomic mass is 10.4. The molecule has 1 heterocycles. The molecular weight excluding hydrogens is 219 g/mol. The number of nitrogens with zero attached hydrogens (tertiary/aromatic N) is 2. The fourth-order valence-corrected chi connectivity index (χ4v) is 2.23. The van der Waals surface area contributed by atoms with E-state index in [9.17, 15) is 12.8 Å². The van der Waals surface area contributed by atoms with Gasteiger partial charge in [0.15, 0.2) is 0 Å². The van der Waals surface area contributed by atoms with Crippen LogP contribution in [0.25, 0.3) is 0 Å². The quantitative estimate of drug-likeness (QED) is 0.774. The first-order valence-corrected chi connectivity index (χ1v) is 5.54. The maximum absolute atomic E-state index is 12.6. The van der Waals surface area contributed by atoms with E-state index in [2.05, 4.69) is 4.98 Å². The summed E-state index contributed by atoms with van der Waals surface area (Å²) in [5.41, 5.74) is 0. The summed E-state index contributed by atoms with van der Waals surface area (Å²) in [5.74, 6) is -0.473. The van der Waals surface area contributed by atoms with Gasteiger partial charge in [0.1, 0.15) is 12.1 Å². The molecule has 0 saturated carbocycles. The third-order valence-corrected chi connectivity index (χ3v) is 3.51. The molecule has 1 aromatic heterocycles. The van der Waals surface area contributed by atoms with Crippen molar-refractivity contribution in [3.63, 3.8) is 0 Å². The summed E-state index contributed by atoms with van der Waals surface area (Å²) >= 11 is 0. The molecular formula is C9H7FN2O2S. The molecule has 2 aromatic rings. The van der Waals surface area contributed by atoms with Gasteiger partial charge in [0.2, 0.25) is 0 Å². The summed E-state index contributed by atoms with van der Waals surface area (Å²) in [6.07, 6.45) is 3.86. The van der Waals surface area contributed by atoms with Crippen molar-refractivity contribution < 1.29 is 12.8 Å². The molecule has 0 saturated heterocycles. The molecule has 78 valence electrons. The maximum atomic E-state index is 12.6. The number of halogens is 1. The second kappa shape index (κ2) is 3.47. The topological polar surface area (TPSA) is 52.0 Å². The molecule has 0 atom stereocenters. The Morgan fingerprint density at radius 3 is 2.40 bits per heavy atom. The highest BCUT2D eigenvalue weighted by Gasteiger charge is 2.15. The summed E-state index contributed by atoms with van der Waals surface area (Å²) in [4.78, 5) is 3.67. The Morgan fingerprint density at radius 2 is 1.87 bits per heavy atom. The lowest BCUT2D eigenvalue weighted by Gasteiger charge is -2.03. The van der Waals surface area contributed by atoms with Gasteiger partial charge in [-0.2, -0.15) is 0 Å². The number of hydrogen-bond donors (Lipinski definition) is 0. The Bertz CT molecular complexity index is 546. The number of benzene rings is 1. The van der Waals surface area contributed by atoms with Crippen molar-refractivity contribution in [2.24, 2.45) is 0 Å². The Balaban J connectivity index is 2.52. The normalized spacial score (nSPS) is 11.5. The Kier molecular flexibility index (Phi) is 2.28. The highest BCUT2D eigenvalue weighted by molar-refractivity contribution is 7.90. The second-order valence-corrected chi connectivity index (χ2v) is 4.69. The van der Waals surface area contributed by atoms with E-state index in [0.717, 1.165) is 16.1 Å². The van der Waals surface area contributed by atoms with E-state index in [1.807, 2.05) is 0 Å². The highest BCUT2D eigenvalue weighted by atomic mass is 32.2. The van der Waals surface area contributed by atoms with Crippen LogP contribution in [0, 0.1) is 5.82 Å². The largest absolute Gasteiger partial charge is 0.268 e. The van der Waals surface area contributed by atoms with Gasteiger partial charge in [-0.25, -0.2) is 21.8 Å². The molecule has 0 amide bonds. The van der Waals surface area contributed by atoms with Gasteiger partial charge in [-0.15, -0.1) is 0 Å². The lowest BCUT2D eigenvalue weighted by molar-refractivity contribution is 0.586. The molecule has 15 heavy (non-hydrogen) atoms. The van der Waals surface area contributed by atoms with E-state index in [1.165, 1.54) is 30.9 Å². The van der Waals surface area contributed by atoms with Gasteiger partial charge in [-0.1, -0.05) is 0 Å². The van der Waals surface area contributed by atoms with Crippen LogP contribution in [0.2, 0.25) is 0 Å². The fourth-order valence-electron chi connectivity index (χ4n) is 1.12. The molecule has 0 aliphatic carbocycles. The smallest absolute Gasteiger partial charge is 0.244 e. The molecule has 0 radical (unpaired) electrons. The van der Waals surface area contributed by atoms with Crippen LogP contribution in [0.5, 0.6) is 0 Å². The minimum Gasteiger partial charge on any atom is -0.244 e. The van der Waals surface area contributed by atoms with Crippen molar-refractivity contribution in [1.82, 2.24) is 8.96 Å². The average molecular weight is 226 g/mol. The van der Waals surface area contributed by atoms with Crippen LogP contribution in [0.3, 0.4) is 0 Å². The van der Waals surface area contributed by atoms with Gasteiger partial charge in [0, 0.05) is 12.4 Å². The van der Waals surface area contributed by atoms with Gasteiger partial charge < -0.3 is 0 Å². The molecule has 0 fully saturated rings. The monoisotopic (exact) mass is 226 g/mol. The van der Waals surface area contributed by atoms with Crippen LogP contribution in [-0.4, -0.2) is 17.4 Å². The molecule has 0 N–H and O–H groups in total. The van der Waals surface area contributed by atoms with Gasteiger partial charge in [0.05, 0.1) is 4.90 Å². The SMILES string of the molecule is O=S(=O)(c1ccc(F)cc1)n1ccnc1. The molecule has 4 nitrogen and oxygen atoms in total. The van der Waals surface area contributed by atoms with Gasteiger partial charge in [-0.3, -0.25) is 0 Å². The van der Waals surface area contributed by atoms with Crippen molar-refractivity contribution in [3.8, 4) is 0 Å². The first-order valence-electron chi connectivity index (χ1n) is 4.10. The zero-order valence-corrected chi connectivity index (χ0v) is 8.36. The third kappa shape index (κ3) is 1.75. The van der Waals surface area contributed by atoms with Crippen LogP contribution >= 0.6 is 0 Å². The first-order chi connectivity index (χ1) is 7.10. The van der Waals surface area contributed by atoms with Crippen LogP contribution in [0.15, 0.2) is 47.9 Å². The number of imidazole rings is 1. The van der Waals surface area contributed by atoms with Gasteiger partial charge in [-0.05, 0) is 24.3 Å². The van der Waals surface area contributed by atoms with Crippen molar-refractivity contribution in [1.29, 1.82) is 0 Å². The molecule has 0 aliphatic rings. The Morgan fingerprint density at radius 1 is 1.20 bits per heavy atom. The second-order valence-electron chi connectivity index (χ2n) is 2.85. The summed E-state index contributed by atoms with van der Waals surface area (Å²) in [6.45, 7) is 0. The molecule has 0 spiro atoms. The number of hydrogen-bond acceptors (Lipinski definition) is 3. The summed E-state index contributed by atoms with van der Waals surface area (Å²) < 4.78 is 37.2. The fraction of sp³-hybridized carbons (Fsp3) is 0. The Labute approximate surface area is 86.1 Å². The predicted octanol–water partition coefficient (Wildman–Crippen LogP) is 1.26.